The van der Waals surface area contributed by atoms with Crippen LogP contribution >= 0.6 is 0 Å². The van der Waals surface area contributed by atoms with Crippen molar-refractivity contribution < 1.29 is 27.8 Å². The van der Waals surface area contributed by atoms with Crippen LogP contribution in [0.5, 0.6) is 0 Å². The first kappa shape index (κ1) is 14.1. The van der Waals surface area contributed by atoms with Crippen LogP contribution in [0.4, 0.5) is 13.2 Å². The second-order valence-corrected chi connectivity index (χ2v) is 5.28. The highest BCUT2D eigenvalue weighted by Gasteiger charge is 2.43. The van der Waals surface area contributed by atoms with Gasteiger partial charge in [0.25, 0.3) is 0 Å². The molecule has 0 aromatic carbocycles. The normalized spacial score (nSPS) is 30.3. The summed E-state index contributed by atoms with van der Waals surface area (Å²) in [6, 6.07) is 0. The Hall–Kier alpha value is -0.330. The van der Waals surface area contributed by atoms with E-state index in [1.165, 1.54) is 0 Å². The summed E-state index contributed by atoms with van der Waals surface area (Å²) in [5.41, 5.74) is -0.367. The predicted molar refractivity (Wildman–Crippen MR) is 58.1 cm³/mol. The van der Waals surface area contributed by atoms with E-state index in [1.54, 1.807) is 0 Å². The summed E-state index contributed by atoms with van der Waals surface area (Å²) in [6.07, 6.45) is -4.31. The Morgan fingerprint density at radius 1 is 1.22 bits per heavy atom. The third-order valence-electron chi connectivity index (χ3n) is 3.92. The van der Waals surface area contributed by atoms with Gasteiger partial charge in [0.15, 0.2) is 0 Å². The molecular weight excluding hydrogens is 249 g/mol. The zero-order chi connectivity index (χ0) is 13.2. The third kappa shape index (κ3) is 3.59. The van der Waals surface area contributed by atoms with Gasteiger partial charge in [0.2, 0.25) is 0 Å². The molecule has 0 amide bonds. The molecule has 0 aromatic heterocycles. The maximum absolute atomic E-state index is 12.3. The molecule has 1 spiro atoms. The van der Waals surface area contributed by atoms with Gasteiger partial charge in [-0.05, 0) is 31.6 Å². The average Bonchev–Trinajstić information content (AvgIpc) is 2.28. The van der Waals surface area contributed by atoms with Crippen molar-refractivity contribution in [3.63, 3.8) is 0 Å². The predicted octanol–water partition coefficient (Wildman–Crippen LogP) is 2.28. The molecule has 0 saturated carbocycles. The number of rotatable bonds is 2. The Morgan fingerprint density at radius 3 is 2.50 bits per heavy atom. The van der Waals surface area contributed by atoms with E-state index in [0.29, 0.717) is 45.5 Å². The van der Waals surface area contributed by atoms with Crippen LogP contribution in [0.25, 0.3) is 0 Å². The Bertz CT molecular complexity index is 269. The maximum atomic E-state index is 12.3. The van der Waals surface area contributed by atoms with Gasteiger partial charge in [-0.25, -0.2) is 0 Å². The van der Waals surface area contributed by atoms with E-state index < -0.39 is 18.7 Å². The minimum atomic E-state index is -4.30. The van der Waals surface area contributed by atoms with Crippen molar-refractivity contribution in [3.05, 3.63) is 0 Å². The minimum absolute atomic E-state index is 0.321. The minimum Gasteiger partial charge on any atom is -0.392 e. The van der Waals surface area contributed by atoms with E-state index >= 15 is 0 Å². The summed E-state index contributed by atoms with van der Waals surface area (Å²) in [7, 11) is 0. The largest absolute Gasteiger partial charge is 0.392 e. The molecule has 2 rings (SSSR count). The first-order chi connectivity index (χ1) is 8.40. The van der Waals surface area contributed by atoms with E-state index in [4.69, 9.17) is 9.47 Å². The monoisotopic (exact) mass is 268 g/mol. The van der Waals surface area contributed by atoms with Crippen molar-refractivity contribution in [3.8, 4) is 0 Å². The molecule has 6 heteroatoms. The summed E-state index contributed by atoms with van der Waals surface area (Å²) in [4.78, 5) is 0. The number of ether oxygens (including phenoxy) is 2. The smallest absolute Gasteiger partial charge is 0.391 e. The number of halogens is 3. The number of aliphatic hydroxyl groups is 1. The fourth-order valence-electron chi connectivity index (χ4n) is 2.89. The van der Waals surface area contributed by atoms with E-state index in [9.17, 15) is 18.3 Å². The molecule has 2 atom stereocenters. The number of alkyl halides is 3. The molecule has 2 aliphatic heterocycles. The van der Waals surface area contributed by atoms with E-state index in [2.05, 4.69) is 0 Å². The molecule has 0 radical (unpaired) electrons. The van der Waals surface area contributed by atoms with Gasteiger partial charge in [0.1, 0.15) is 0 Å². The van der Waals surface area contributed by atoms with Crippen molar-refractivity contribution >= 4 is 0 Å². The van der Waals surface area contributed by atoms with Crippen LogP contribution in [0, 0.1) is 5.92 Å². The lowest BCUT2D eigenvalue weighted by atomic mass is 9.78. The topological polar surface area (TPSA) is 38.7 Å². The fourth-order valence-corrected chi connectivity index (χ4v) is 2.89. The average molecular weight is 268 g/mol. The molecule has 2 saturated heterocycles. The highest BCUT2D eigenvalue weighted by atomic mass is 19.4. The van der Waals surface area contributed by atoms with Gasteiger partial charge in [-0.3, -0.25) is 0 Å². The lowest BCUT2D eigenvalue weighted by Gasteiger charge is -2.44. The van der Waals surface area contributed by atoms with E-state index in [-0.39, 0.29) is 11.5 Å². The molecule has 106 valence electrons. The lowest BCUT2D eigenvalue weighted by Crippen LogP contribution is -2.47. The molecule has 0 aliphatic carbocycles. The molecule has 1 N–H and O–H groups in total. The lowest BCUT2D eigenvalue weighted by molar-refractivity contribution is -0.185. The van der Waals surface area contributed by atoms with Crippen LogP contribution in [-0.4, -0.2) is 42.8 Å². The first-order valence-corrected chi connectivity index (χ1v) is 6.37. The van der Waals surface area contributed by atoms with Crippen molar-refractivity contribution in [2.75, 3.05) is 19.8 Å². The quantitative estimate of drug-likeness (QED) is 0.835. The molecule has 18 heavy (non-hydrogen) atoms. The molecule has 3 nitrogen and oxygen atoms in total. The van der Waals surface area contributed by atoms with Crippen molar-refractivity contribution in [2.24, 2.45) is 5.92 Å². The van der Waals surface area contributed by atoms with Gasteiger partial charge in [0, 0.05) is 19.8 Å². The standard InChI is InChI=1S/C12H19F3O3/c13-12(14,15)8-10(16)9-1-4-18-11(7-9)2-5-17-6-3-11/h9-10,16H,1-8H2. The van der Waals surface area contributed by atoms with Crippen molar-refractivity contribution in [1.82, 2.24) is 0 Å². The van der Waals surface area contributed by atoms with Gasteiger partial charge in [-0.1, -0.05) is 0 Å². The molecule has 0 bridgehead atoms. The van der Waals surface area contributed by atoms with Crippen molar-refractivity contribution in [1.29, 1.82) is 0 Å². The zero-order valence-electron chi connectivity index (χ0n) is 10.2. The maximum Gasteiger partial charge on any atom is 0.391 e. The summed E-state index contributed by atoms with van der Waals surface area (Å²) >= 11 is 0. The first-order valence-electron chi connectivity index (χ1n) is 6.37. The summed E-state index contributed by atoms with van der Waals surface area (Å²) in [6.45, 7) is 1.60. The second-order valence-electron chi connectivity index (χ2n) is 5.28. The van der Waals surface area contributed by atoms with Gasteiger partial charge >= 0.3 is 6.18 Å². The zero-order valence-corrected chi connectivity index (χ0v) is 10.2. The van der Waals surface area contributed by atoms with Crippen molar-refractivity contribution in [2.45, 2.75) is 50.0 Å². The number of hydrogen-bond acceptors (Lipinski definition) is 3. The highest BCUT2D eigenvalue weighted by Crippen LogP contribution is 2.40. The van der Waals surface area contributed by atoms with Gasteiger partial charge < -0.3 is 14.6 Å². The molecular formula is C12H19F3O3. The number of hydrogen-bond donors (Lipinski definition) is 1. The van der Waals surface area contributed by atoms with Crippen LogP contribution < -0.4 is 0 Å². The van der Waals surface area contributed by atoms with E-state index in [0.717, 1.165) is 0 Å². The molecule has 2 unspecified atom stereocenters. The Morgan fingerprint density at radius 2 is 1.89 bits per heavy atom. The summed E-state index contributed by atoms with van der Waals surface area (Å²) < 4.78 is 47.8. The fraction of sp³-hybridized carbons (Fsp3) is 1.00. The number of aliphatic hydroxyl groups excluding tert-OH is 1. The van der Waals surface area contributed by atoms with Crippen LogP contribution in [0.2, 0.25) is 0 Å². The van der Waals surface area contributed by atoms with Gasteiger partial charge in [-0.15, -0.1) is 0 Å². The summed E-state index contributed by atoms with van der Waals surface area (Å²) in [5.74, 6) is -0.321. The highest BCUT2D eigenvalue weighted by molar-refractivity contribution is 4.91. The van der Waals surface area contributed by atoms with Crippen LogP contribution in [-0.2, 0) is 9.47 Å². The van der Waals surface area contributed by atoms with Crippen LogP contribution in [0.3, 0.4) is 0 Å². The Balaban J connectivity index is 1.93. The molecule has 2 aliphatic rings. The van der Waals surface area contributed by atoms with Gasteiger partial charge in [0.05, 0.1) is 18.1 Å². The molecule has 2 fully saturated rings. The third-order valence-corrected chi connectivity index (χ3v) is 3.92. The molecule has 0 aromatic rings. The Labute approximate surface area is 104 Å². The summed E-state index contributed by atoms with van der Waals surface area (Å²) in [5, 5.41) is 9.72. The molecule has 2 heterocycles. The second kappa shape index (κ2) is 5.35. The van der Waals surface area contributed by atoms with Crippen LogP contribution in [0.15, 0.2) is 0 Å². The Kier molecular flexibility index (Phi) is 4.18. The van der Waals surface area contributed by atoms with E-state index in [1.807, 2.05) is 0 Å². The van der Waals surface area contributed by atoms with Gasteiger partial charge in [-0.2, -0.15) is 13.2 Å². The SMILES string of the molecule is OC(CC(F)(F)F)C1CCOC2(CCOCC2)C1. The van der Waals surface area contributed by atoms with Crippen LogP contribution in [0.1, 0.15) is 32.1 Å².